The Morgan fingerprint density at radius 2 is 2.08 bits per heavy atom. The smallest absolute Gasteiger partial charge is 0.337 e. The maximum absolute atomic E-state index is 12.3. The van der Waals surface area contributed by atoms with Gasteiger partial charge in [-0.2, -0.15) is 0 Å². The van der Waals surface area contributed by atoms with Crippen molar-refractivity contribution in [2.75, 3.05) is 13.7 Å². The van der Waals surface area contributed by atoms with Crippen LogP contribution in [0, 0.1) is 10.1 Å². The highest BCUT2D eigenvalue weighted by Crippen LogP contribution is 2.31. The van der Waals surface area contributed by atoms with E-state index in [1.807, 2.05) is 0 Å². The summed E-state index contributed by atoms with van der Waals surface area (Å²) in [4.78, 5) is 36.1. The molecule has 0 saturated heterocycles. The molecule has 126 valence electrons. The third-order valence-corrected chi connectivity index (χ3v) is 3.75. The van der Waals surface area contributed by atoms with Gasteiger partial charge in [-0.25, -0.2) is 9.59 Å². The van der Waals surface area contributed by atoms with Gasteiger partial charge in [-0.05, 0) is 24.6 Å². The number of rotatable bonds is 5. The van der Waals surface area contributed by atoms with Crippen LogP contribution < -0.4 is 5.32 Å². The Hall–Kier alpha value is -3.16. The van der Waals surface area contributed by atoms with Crippen LogP contribution in [0.25, 0.3) is 0 Å². The van der Waals surface area contributed by atoms with Gasteiger partial charge in [-0.15, -0.1) is 6.58 Å². The van der Waals surface area contributed by atoms with Crippen molar-refractivity contribution in [1.29, 1.82) is 0 Å². The fourth-order valence-corrected chi connectivity index (χ4v) is 2.54. The quantitative estimate of drug-likeness (QED) is 0.386. The molecule has 1 aromatic rings. The molecule has 2 amide bonds. The van der Waals surface area contributed by atoms with Crippen LogP contribution in [0.15, 0.2) is 48.2 Å². The number of urea groups is 1. The van der Waals surface area contributed by atoms with E-state index >= 15 is 0 Å². The standard InChI is InChI=1S/C16H17N3O5/c1-4-9-18-10(2)13(15(20)24-3)14(17-16(18)21)11-5-7-12(8-6-11)19(22)23/h4-8,14H,1,9H2,2-3H3,(H,17,21)/t14-/m0/s1. The van der Waals surface area contributed by atoms with Gasteiger partial charge >= 0.3 is 12.0 Å². The van der Waals surface area contributed by atoms with E-state index in [0.29, 0.717) is 11.3 Å². The summed E-state index contributed by atoms with van der Waals surface area (Å²) in [6, 6.07) is 4.52. The third kappa shape index (κ3) is 3.12. The Balaban J connectivity index is 2.50. The number of ether oxygens (including phenoxy) is 1. The Morgan fingerprint density at radius 1 is 1.46 bits per heavy atom. The lowest BCUT2D eigenvalue weighted by Crippen LogP contribution is -2.47. The molecule has 0 aliphatic carbocycles. The number of esters is 1. The average molecular weight is 331 g/mol. The van der Waals surface area contributed by atoms with Gasteiger partial charge in [0.2, 0.25) is 0 Å². The van der Waals surface area contributed by atoms with E-state index in [1.54, 1.807) is 13.0 Å². The summed E-state index contributed by atoms with van der Waals surface area (Å²) in [6.45, 7) is 5.48. The van der Waals surface area contributed by atoms with Crippen LogP contribution in [-0.2, 0) is 9.53 Å². The number of hydrogen-bond donors (Lipinski definition) is 1. The number of non-ortho nitro benzene ring substituents is 1. The summed E-state index contributed by atoms with van der Waals surface area (Å²) in [5.74, 6) is -0.579. The molecule has 24 heavy (non-hydrogen) atoms. The second-order valence-corrected chi connectivity index (χ2v) is 5.12. The molecule has 1 N–H and O–H groups in total. The van der Waals surface area contributed by atoms with Gasteiger partial charge in [0.15, 0.2) is 0 Å². The molecular formula is C16H17N3O5. The highest BCUT2D eigenvalue weighted by Gasteiger charge is 2.35. The van der Waals surface area contributed by atoms with E-state index in [0.717, 1.165) is 0 Å². The van der Waals surface area contributed by atoms with Crippen molar-refractivity contribution in [3.63, 3.8) is 0 Å². The number of methoxy groups -OCH3 is 1. The first-order valence-electron chi connectivity index (χ1n) is 7.13. The van der Waals surface area contributed by atoms with E-state index in [-0.39, 0.29) is 23.8 Å². The monoisotopic (exact) mass is 331 g/mol. The van der Waals surface area contributed by atoms with Gasteiger partial charge < -0.3 is 10.1 Å². The summed E-state index contributed by atoms with van der Waals surface area (Å²) in [5, 5.41) is 13.5. The zero-order valence-corrected chi connectivity index (χ0v) is 13.3. The fraction of sp³-hybridized carbons (Fsp3) is 0.250. The normalized spacial score (nSPS) is 17.3. The first-order chi connectivity index (χ1) is 11.4. The molecule has 2 rings (SSSR count). The van der Waals surface area contributed by atoms with E-state index in [1.165, 1.54) is 36.3 Å². The molecule has 0 aromatic heterocycles. The number of carbonyl (C=O) groups excluding carboxylic acids is 2. The number of benzene rings is 1. The van der Waals surface area contributed by atoms with Gasteiger partial charge in [0.1, 0.15) is 0 Å². The maximum atomic E-state index is 12.3. The zero-order valence-electron chi connectivity index (χ0n) is 13.3. The van der Waals surface area contributed by atoms with E-state index in [2.05, 4.69) is 11.9 Å². The number of carbonyl (C=O) groups is 2. The third-order valence-electron chi connectivity index (χ3n) is 3.75. The summed E-state index contributed by atoms with van der Waals surface area (Å²) >= 11 is 0. The Kier molecular flexibility index (Phi) is 4.98. The molecule has 1 atom stereocenters. The zero-order chi connectivity index (χ0) is 17.9. The molecule has 1 aliphatic heterocycles. The number of hydrogen-bond acceptors (Lipinski definition) is 5. The van der Waals surface area contributed by atoms with Gasteiger partial charge in [0, 0.05) is 24.4 Å². The lowest BCUT2D eigenvalue weighted by molar-refractivity contribution is -0.384. The number of nitrogens with zero attached hydrogens (tertiary/aromatic N) is 2. The topological polar surface area (TPSA) is 102 Å². The summed E-state index contributed by atoms with van der Waals surface area (Å²) in [7, 11) is 1.25. The predicted octanol–water partition coefficient (Wildman–Crippen LogP) is 2.29. The second kappa shape index (κ2) is 6.95. The molecule has 1 aliphatic rings. The van der Waals surface area contributed by atoms with Crippen LogP contribution in [-0.4, -0.2) is 35.5 Å². The highest BCUT2D eigenvalue weighted by molar-refractivity contribution is 5.95. The highest BCUT2D eigenvalue weighted by atomic mass is 16.6. The molecule has 0 saturated carbocycles. The van der Waals surface area contributed by atoms with E-state index in [4.69, 9.17) is 4.74 Å². The van der Waals surface area contributed by atoms with Gasteiger partial charge in [0.05, 0.1) is 23.6 Å². The summed E-state index contributed by atoms with van der Waals surface area (Å²) in [5.41, 5.74) is 1.20. The van der Waals surface area contributed by atoms with E-state index < -0.39 is 16.9 Å². The first kappa shape index (κ1) is 17.2. The van der Waals surface area contributed by atoms with Crippen molar-refractivity contribution >= 4 is 17.7 Å². The predicted molar refractivity (Wildman–Crippen MR) is 86.0 cm³/mol. The van der Waals surface area contributed by atoms with Gasteiger partial charge in [-0.1, -0.05) is 6.08 Å². The molecule has 0 fully saturated rings. The van der Waals surface area contributed by atoms with Crippen molar-refractivity contribution in [2.24, 2.45) is 0 Å². The van der Waals surface area contributed by atoms with Crippen LogP contribution in [0.2, 0.25) is 0 Å². The van der Waals surface area contributed by atoms with Gasteiger partial charge in [0.25, 0.3) is 5.69 Å². The van der Waals surface area contributed by atoms with Crippen LogP contribution in [0.4, 0.5) is 10.5 Å². The van der Waals surface area contributed by atoms with Crippen molar-refractivity contribution in [1.82, 2.24) is 10.2 Å². The van der Waals surface area contributed by atoms with E-state index in [9.17, 15) is 19.7 Å². The Bertz CT molecular complexity index is 724. The SMILES string of the molecule is C=CCN1C(=O)N[C@@H](c2ccc([N+](=O)[O-])cc2)C(C(=O)OC)=C1C. The molecule has 1 aromatic carbocycles. The Morgan fingerprint density at radius 3 is 2.58 bits per heavy atom. The van der Waals surface area contributed by atoms with Crippen molar-refractivity contribution < 1.29 is 19.2 Å². The fourth-order valence-electron chi connectivity index (χ4n) is 2.54. The van der Waals surface area contributed by atoms with Crippen molar-refractivity contribution in [2.45, 2.75) is 13.0 Å². The minimum Gasteiger partial charge on any atom is -0.466 e. The Labute approximate surface area is 138 Å². The number of allylic oxidation sites excluding steroid dienone is 1. The minimum atomic E-state index is -0.744. The van der Waals surface area contributed by atoms with Crippen LogP contribution >= 0.6 is 0 Å². The molecule has 8 heteroatoms. The largest absolute Gasteiger partial charge is 0.466 e. The summed E-state index contributed by atoms with van der Waals surface area (Å²) < 4.78 is 4.83. The molecule has 1 heterocycles. The summed E-state index contributed by atoms with van der Waals surface area (Å²) in [6.07, 6.45) is 1.55. The maximum Gasteiger partial charge on any atom is 0.337 e. The first-order valence-corrected chi connectivity index (χ1v) is 7.13. The van der Waals surface area contributed by atoms with Crippen molar-refractivity contribution in [3.8, 4) is 0 Å². The molecule has 0 radical (unpaired) electrons. The van der Waals surface area contributed by atoms with Gasteiger partial charge in [-0.3, -0.25) is 15.0 Å². The van der Waals surface area contributed by atoms with Crippen molar-refractivity contribution in [3.05, 3.63) is 63.9 Å². The van der Waals surface area contributed by atoms with Crippen LogP contribution in [0.5, 0.6) is 0 Å². The second-order valence-electron chi connectivity index (χ2n) is 5.12. The lowest BCUT2D eigenvalue weighted by atomic mass is 9.94. The minimum absolute atomic E-state index is 0.0745. The molecule has 8 nitrogen and oxygen atoms in total. The average Bonchev–Trinajstić information content (AvgIpc) is 2.57. The molecule has 0 bridgehead atoms. The number of nitrogens with one attached hydrogen (secondary N) is 1. The van der Waals surface area contributed by atoms with Crippen LogP contribution in [0.1, 0.15) is 18.5 Å². The lowest BCUT2D eigenvalue weighted by Gasteiger charge is -2.34. The number of amides is 2. The molecule has 0 unspecified atom stereocenters. The van der Waals surface area contributed by atoms with Crippen LogP contribution in [0.3, 0.4) is 0 Å². The number of nitro benzene ring substituents is 1. The number of nitro groups is 1. The molecule has 0 spiro atoms. The molecular weight excluding hydrogens is 314 g/mol.